The molecule has 0 spiro atoms. The number of methoxy groups -OCH3 is 1. The van der Waals surface area contributed by atoms with E-state index in [0.29, 0.717) is 32.1 Å². The SMILES string of the molecule is COc1ccccc1COc1ncc(F)c(N=CN2CCOCC2)n1. The third-order valence-electron chi connectivity index (χ3n) is 3.64. The number of ether oxygens (including phenoxy) is 3. The summed E-state index contributed by atoms with van der Waals surface area (Å²) in [6, 6.07) is 7.52. The highest BCUT2D eigenvalue weighted by Gasteiger charge is 2.10. The molecule has 2 aromatic rings. The van der Waals surface area contributed by atoms with Gasteiger partial charge in [0, 0.05) is 18.7 Å². The molecule has 1 saturated heterocycles. The summed E-state index contributed by atoms with van der Waals surface area (Å²) in [6.07, 6.45) is 2.62. The van der Waals surface area contributed by atoms with Gasteiger partial charge in [-0.3, -0.25) is 0 Å². The molecule has 2 heterocycles. The van der Waals surface area contributed by atoms with Crippen molar-refractivity contribution in [1.82, 2.24) is 14.9 Å². The predicted molar refractivity (Wildman–Crippen MR) is 89.9 cm³/mol. The zero-order valence-electron chi connectivity index (χ0n) is 13.9. The highest BCUT2D eigenvalue weighted by molar-refractivity contribution is 5.60. The van der Waals surface area contributed by atoms with E-state index >= 15 is 0 Å². The van der Waals surface area contributed by atoms with Gasteiger partial charge in [-0.15, -0.1) is 0 Å². The van der Waals surface area contributed by atoms with Gasteiger partial charge in [-0.2, -0.15) is 4.98 Å². The molecule has 0 aliphatic carbocycles. The molecular weight excluding hydrogens is 327 g/mol. The van der Waals surface area contributed by atoms with Gasteiger partial charge < -0.3 is 19.1 Å². The first-order chi connectivity index (χ1) is 12.3. The van der Waals surface area contributed by atoms with Crippen molar-refractivity contribution in [2.45, 2.75) is 6.61 Å². The third-order valence-corrected chi connectivity index (χ3v) is 3.64. The van der Waals surface area contributed by atoms with Crippen LogP contribution < -0.4 is 9.47 Å². The minimum atomic E-state index is -0.603. The Balaban J connectivity index is 1.67. The second-order valence-electron chi connectivity index (χ2n) is 5.32. The van der Waals surface area contributed by atoms with Crippen LogP contribution in [0.5, 0.6) is 11.8 Å². The molecule has 0 radical (unpaired) electrons. The number of aliphatic imine (C=N–C) groups is 1. The molecule has 1 aromatic heterocycles. The fraction of sp³-hybridized carbons (Fsp3) is 0.353. The first-order valence-corrected chi connectivity index (χ1v) is 7.89. The summed E-state index contributed by atoms with van der Waals surface area (Å²) in [7, 11) is 1.59. The molecule has 25 heavy (non-hydrogen) atoms. The van der Waals surface area contributed by atoms with Crippen LogP contribution in [-0.4, -0.2) is 54.6 Å². The van der Waals surface area contributed by atoms with Crippen molar-refractivity contribution in [3.63, 3.8) is 0 Å². The van der Waals surface area contributed by atoms with E-state index < -0.39 is 5.82 Å². The van der Waals surface area contributed by atoms with Crippen molar-refractivity contribution in [2.24, 2.45) is 4.99 Å². The second kappa shape index (κ2) is 8.39. The van der Waals surface area contributed by atoms with E-state index in [-0.39, 0.29) is 18.4 Å². The molecule has 0 unspecified atom stereocenters. The molecule has 7 nitrogen and oxygen atoms in total. The molecule has 0 amide bonds. The Hall–Kier alpha value is -2.74. The van der Waals surface area contributed by atoms with E-state index in [4.69, 9.17) is 14.2 Å². The van der Waals surface area contributed by atoms with Gasteiger partial charge in [0.2, 0.25) is 0 Å². The van der Waals surface area contributed by atoms with E-state index in [0.717, 1.165) is 11.8 Å². The van der Waals surface area contributed by atoms with Crippen LogP contribution in [0.25, 0.3) is 0 Å². The van der Waals surface area contributed by atoms with E-state index in [1.807, 2.05) is 29.2 Å². The van der Waals surface area contributed by atoms with E-state index in [1.165, 1.54) is 0 Å². The van der Waals surface area contributed by atoms with E-state index in [1.54, 1.807) is 13.4 Å². The standard InChI is InChI=1S/C17H19FN4O3/c1-23-15-5-3-2-4-13(15)11-25-17-19-10-14(18)16(21-17)20-12-22-6-8-24-9-7-22/h2-5,10,12H,6-9,11H2,1H3. The average Bonchev–Trinajstić information content (AvgIpc) is 2.67. The topological polar surface area (TPSA) is 69.1 Å². The Bertz CT molecular complexity index is 736. The number of aromatic nitrogens is 2. The summed E-state index contributed by atoms with van der Waals surface area (Å²) in [5.74, 6) is 0.0424. The zero-order chi connectivity index (χ0) is 17.5. The quantitative estimate of drug-likeness (QED) is 0.590. The van der Waals surface area contributed by atoms with Crippen LogP contribution in [0, 0.1) is 5.82 Å². The van der Waals surface area contributed by atoms with Gasteiger partial charge in [-0.1, -0.05) is 18.2 Å². The predicted octanol–water partition coefficient (Wildman–Crippen LogP) is 2.20. The highest BCUT2D eigenvalue weighted by Crippen LogP contribution is 2.20. The van der Waals surface area contributed by atoms with Gasteiger partial charge in [0.25, 0.3) is 0 Å². The molecule has 132 valence electrons. The largest absolute Gasteiger partial charge is 0.496 e. The molecule has 1 aliphatic rings. The van der Waals surface area contributed by atoms with Crippen molar-refractivity contribution >= 4 is 12.2 Å². The smallest absolute Gasteiger partial charge is 0.318 e. The summed E-state index contributed by atoms with van der Waals surface area (Å²) >= 11 is 0. The number of nitrogens with zero attached hydrogens (tertiary/aromatic N) is 4. The minimum absolute atomic E-state index is 0.0569. The normalized spacial score (nSPS) is 14.7. The lowest BCUT2D eigenvalue weighted by Crippen LogP contribution is -2.35. The third kappa shape index (κ3) is 4.63. The number of morpholine rings is 1. The van der Waals surface area contributed by atoms with Crippen LogP contribution in [0.15, 0.2) is 35.5 Å². The van der Waals surface area contributed by atoms with Crippen molar-refractivity contribution in [2.75, 3.05) is 33.4 Å². The Morgan fingerprint density at radius 2 is 2.12 bits per heavy atom. The minimum Gasteiger partial charge on any atom is -0.496 e. The molecule has 0 bridgehead atoms. The Morgan fingerprint density at radius 3 is 2.92 bits per heavy atom. The van der Waals surface area contributed by atoms with Crippen LogP contribution >= 0.6 is 0 Å². The highest BCUT2D eigenvalue weighted by atomic mass is 19.1. The van der Waals surface area contributed by atoms with Crippen molar-refractivity contribution in [3.05, 3.63) is 41.8 Å². The second-order valence-corrected chi connectivity index (χ2v) is 5.32. The first-order valence-electron chi connectivity index (χ1n) is 7.89. The van der Waals surface area contributed by atoms with Crippen molar-refractivity contribution in [1.29, 1.82) is 0 Å². The van der Waals surface area contributed by atoms with Gasteiger partial charge in [0.1, 0.15) is 12.4 Å². The van der Waals surface area contributed by atoms with Crippen molar-refractivity contribution in [3.8, 4) is 11.8 Å². The van der Waals surface area contributed by atoms with Gasteiger partial charge in [0.15, 0.2) is 11.6 Å². The summed E-state index contributed by atoms with van der Waals surface area (Å²) in [5, 5.41) is 0. The molecule has 1 fully saturated rings. The number of benzene rings is 1. The van der Waals surface area contributed by atoms with Gasteiger partial charge in [0.05, 0.1) is 32.9 Å². The summed E-state index contributed by atoms with van der Waals surface area (Å²) < 4.78 is 29.9. The molecule has 8 heteroatoms. The number of para-hydroxylation sites is 1. The molecule has 3 rings (SSSR count). The maximum absolute atomic E-state index is 13.8. The van der Waals surface area contributed by atoms with Crippen LogP contribution in [0.1, 0.15) is 5.56 Å². The molecule has 1 aliphatic heterocycles. The Kier molecular flexibility index (Phi) is 5.73. The summed E-state index contributed by atoms with van der Waals surface area (Å²) in [4.78, 5) is 13.9. The molecule has 1 aromatic carbocycles. The maximum atomic E-state index is 13.8. The van der Waals surface area contributed by atoms with Crippen LogP contribution in [0.3, 0.4) is 0 Å². The van der Waals surface area contributed by atoms with Gasteiger partial charge in [-0.25, -0.2) is 14.4 Å². The van der Waals surface area contributed by atoms with E-state index in [2.05, 4.69) is 15.0 Å². The summed E-state index contributed by atoms with van der Waals surface area (Å²) in [6.45, 7) is 2.90. The molecule has 0 saturated carbocycles. The zero-order valence-corrected chi connectivity index (χ0v) is 13.9. The Morgan fingerprint density at radius 1 is 1.32 bits per heavy atom. The molecule has 0 N–H and O–H groups in total. The lowest BCUT2D eigenvalue weighted by Gasteiger charge is -2.23. The van der Waals surface area contributed by atoms with Crippen LogP contribution in [-0.2, 0) is 11.3 Å². The Labute approximate surface area is 145 Å². The molecular formula is C17H19FN4O3. The lowest BCUT2D eigenvalue weighted by molar-refractivity contribution is 0.0701. The number of halogens is 1. The monoisotopic (exact) mass is 346 g/mol. The number of hydrogen-bond donors (Lipinski definition) is 0. The van der Waals surface area contributed by atoms with E-state index in [9.17, 15) is 4.39 Å². The van der Waals surface area contributed by atoms with Crippen LogP contribution in [0.2, 0.25) is 0 Å². The lowest BCUT2D eigenvalue weighted by atomic mass is 10.2. The first kappa shape index (κ1) is 17.1. The summed E-state index contributed by atoms with van der Waals surface area (Å²) in [5.41, 5.74) is 0.844. The van der Waals surface area contributed by atoms with Crippen LogP contribution in [0.4, 0.5) is 10.2 Å². The van der Waals surface area contributed by atoms with Crippen molar-refractivity contribution < 1.29 is 18.6 Å². The number of hydrogen-bond acceptors (Lipinski definition) is 6. The fourth-order valence-electron chi connectivity index (χ4n) is 2.30. The maximum Gasteiger partial charge on any atom is 0.318 e. The molecule has 0 atom stereocenters. The number of rotatable bonds is 6. The van der Waals surface area contributed by atoms with Gasteiger partial charge >= 0.3 is 6.01 Å². The van der Waals surface area contributed by atoms with Gasteiger partial charge in [-0.05, 0) is 6.07 Å². The fourth-order valence-corrected chi connectivity index (χ4v) is 2.30. The average molecular weight is 346 g/mol.